The highest BCUT2D eigenvalue weighted by Gasteiger charge is 2.31. The van der Waals surface area contributed by atoms with E-state index in [1.807, 2.05) is 0 Å². The Morgan fingerprint density at radius 2 is 1.90 bits per heavy atom. The molecular formula is C16H22F3N. The molecule has 2 rings (SSSR count). The first-order chi connectivity index (χ1) is 9.29. The maximum atomic E-state index is 12.7. The van der Waals surface area contributed by atoms with Crippen molar-refractivity contribution in [2.45, 2.75) is 51.7 Å². The van der Waals surface area contributed by atoms with Crippen LogP contribution in [0.15, 0.2) is 18.2 Å². The average molecular weight is 285 g/mol. The van der Waals surface area contributed by atoms with Crippen molar-refractivity contribution in [1.29, 1.82) is 0 Å². The van der Waals surface area contributed by atoms with E-state index in [1.54, 1.807) is 13.0 Å². The second-order valence-electron chi connectivity index (χ2n) is 6.02. The number of benzene rings is 1. The number of alkyl halides is 3. The summed E-state index contributed by atoms with van der Waals surface area (Å²) in [5.74, 6) is 0.662. The number of hydrogen-bond acceptors (Lipinski definition) is 1. The summed E-state index contributed by atoms with van der Waals surface area (Å²) in [7, 11) is 0. The maximum Gasteiger partial charge on any atom is 0.416 e. The minimum absolute atomic E-state index is 0.253. The SMILES string of the molecule is Cc1cc(C(F)(F)F)ccc1C(C)C(C)CNC1CC1. The Bertz CT molecular complexity index is 463. The molecule has 0 bridgehead atoms. The lowest BCUT2D eigenvalue weighted by Gasteiger charge is -2.23. The van der Waals surface area contributed by atoms with E-state index >= 15 is 0 Å². The van der Waals surface area contributed by atoms with Crippen molar-refractivity contribution < 1.29 is 13.2 Å². The van der Waals surface area contributed by atoms with E-state index in [0.717, 1.165) is 17.7 Å². The zero-order valence-electron chi connectivity index (χ0n) is 12.2. The van der Waals surface area contributed by atoms with Crippen LogP contribution in [-0.2, 0) is 6.18 Å². The van der Waals surface area contributed by atoms with Crippen molar-refractivity contribution in [2.24, 2.45) is 5.92 Å². The monoisotopic (exact) mass is 285 g/mol. The van der Waals surface area contributed by atoms with E-state index in [-0.39, 0.29) is 5.92 Å². The molecule has 2 unspecified atom stereocenters. The fraction of sp³-hybridized carbons (Fsp3) is 0.625. The summed E-state index contributed by atoms with van der Waals surface area (Å²) in [6.07, 6.45) is -1.76. The fourth-order valence-electron chi connectivity index (χ4n) is 2.49. The van der Waals surface area contributed by atoms with Crippen LogP contribution in [0.5, 0.6) is 0 Å². The van der Waals surface area contributed by atoms with Crippen molar-refractivity contribution in [3.05, 3.63) is 34.9 Å². The summed E-state index contributed by atoms with van der Waals surface area (Å²) < 4.78 is 38.0. The molecule has 2 atom stereocenters. The summed E-state index contributed by atoms with van der Waals surface area (Å²) in [4.78, 5) is 0. The Labute approximate surface area is 118 Å². The molecule has 0 amide bonds. The highest BCUT2D eigenvalue weighted by Crippen LogP contribution is 2.33. The van der Waals surface area contributed by atoms with Gasteiger partial charge >= 0.3 is 6.18 Å². The number of halogens is 3. The van der Waals surface area contributed by atoms with Crippen molar-refractivity contribution >= 4 is 0 Å². The molecule has 0 heterocycles. The minimum Gasteiger partial charge on any atom is -0.314 e. The van der Waals surface area contributed by atoms with Gasteiger partial charge in [0.2, 0.25) is 0 Å². The molecule has 0 spiro atoms. The van der Waals surface area contributed by atoms with Gasteiger partial charge < -0.3 is 5.32 Å². The van der Waals surface area contributed by atoms with E-state index in [2.05, 4.69) is 19.2 Å². The van der Waals surface area contributed by atoms with Crippen LogP contribution >= 0.6 is 0 Å². The van der Waals surface area contributed by atoms with Gasteiger partial charge in [-0.1, -0.05) is 19.9 Å². The van der Waals surface area contributed by atoms with Crippen LogP contribution in [0.25, 0.3) is 0 Å². The fourth-order valence-corrected chi connectivity index (χ4v) is 2.49. The van der Waals surface area contributed by atoms with Gasteiger partial charge in [0.25, 0.3) is 0 Å². The first kappa shape index (κ1) is 15.4. The normalized spacial score (nSPS) is 18.9. The largest absolute Gasteiger partial charge is 0.416 e. The van der Waals surface area contributed by atoms with Crippen LogP contribution in [0.3, 0.4) is 0 Å². The van der Waals surface area contributed by atoms with Gasteiger partial charge in [-0.05, 0) is 61.4 Å². The number of aryl methyl sites for hydroxylation is 1. The van der Waals surface area contributed by atoms with Gasteiger partial charge in [-0.2, -0.15) is 13.2 Å². The lowest BCUT2D eigenvalue weighted by molar-refractivity contribution is -0.137. The lowest BCUT2D eigenvalue weighted by atomic mass is 9.85. The summed E-state index contributed by atoms with van der Waals surface area (Å²) in [5.41, 5.74) is 1.18. The third-order valence-corrected chi connectivity index (χ3v) is 4.25. The third kappa shape index (κ3) is 3.75. The van der Waals surface area contributed by atoms with Gasteiger partial charge in [0.1, 0.15) is 0 Å². The van der Waals surface area contributed by atoms with Gasteiger partial charge in [0, 0.05) is 6.04 Å². The van der Waals surface area contributed by atoms with Crippen LogP contribution < -0.4 is 5.32 Å². The Hall–Kier alpha value is -1.03. The van der Waals surface area contributed by atoms with Gasteiger partial charge in [-0.3, -0.25) is 0 Å². The zero-order chi connectivity index (χ0) is 14.9. The topological polar surface area (TPSA) is 12.0 Å². The van der Waals surface area contributed by atoms with E-state index in [1.165, 1.54) is 25.0 Å². The first-order valence-corrected chi connectivity index (χ1v) is 7.20. The van der Waals surface area contributed by atoms with Crippen LogP contribution in [0.2, 0.25) is 0 Å². The lowest BCUT2D eigenvalue weighted by Crippen LogP contribution is -2.26. The average Bonchev–Trinajstić information content (AvgIpc) is 3.18. The molecule has 1 saturated carbocycles. The van der Waals surface area contributed by atoms with Gasteiger partial charge in [-0.25, -0.2) is 0 Å². The highest BCUT2D eigenvalue weighted by molar-refractivity contribution is 5.35. The molecule has 1 aromatic rings. The molecular weight excluding hydrogens is 263 g/mol. The minimum atomic E-state index is -4.26. The molecule has 0 aromatic heterocycles. The summed E-state index contributed by atoms with van der Waals surface area (Å²) in [5, 5.41) is 3.48. The number of nitrogens with one attached hydrogen (secondary N) is 1. The molecule has 1 aliphatic carbocycles. The van der Waals surface area contributed by atoms with Crippen molar-refractivity contribution in [3.8, 4) is 0 Å². The standard InChI is InChI=1S/C16H22F3N/c1-10-8-13(16(17,18)19)4-7-15(10)12(3)11(2)9-20-14-5-6-14/h4,7-8,11-12,14,20H,5-6,9H2,1-3H3. The molecule has 112 valence electrons. The van der Waals surface area contributed by atoms with Gasteiger partial charge in [0.05, 0.1) is 5.56 Å². The molecule has 0 saturated heterocycles. The summed E-state index contributed by atoms with van der Waals surface area (Å²) >= 11 is 0. The highest BCUT2D eigenvalue weighted by atomic mass is 19.4. The molecule has 4 heteroatoms. The molecule has 1 aromatic carbocycles. The van der Waals surface area contributed by atoms with Crippen molar-refractivity contribution in [2.75, 3.05) is 6.54 Å². The molecule has 0 radical (unpaired) electrons. The molecule has 1 fully saturated rings. The number of hydrogen-bond donors (Lipinski definition) is 1. The van der Waals surface area contributed by atoms with E-state index < -0.39 is 11.7 Å². The van der Waals surface area contributed by atoms with Crippen LogP contribution in [0.4, 0.5) is 13.2 Å². The predicted octanol–water partition coefficient (Wildman–Crippen LogP) is 4.51. The maximum absolute atomic E-state index is 12.7. The molecule has 1 nitrogen and oxygen atoms in total. The van der Waals surface area contributed by atoms with Crippen LogP contribution in [0, 0.1) is 12.8 Å². The quantitative estimate of drug-likeness (QED) is 0.839. The summed E-state index contributed by atoms with van der Waals surface area (Å²) in [6.45, 7) is 6.93. The van der Waals surface area contributed by atoms with Crippen molar-refractivity contribution in [1.82, 2.24) is 5.32 Å². The molecule has 20 heavy (non-hydrogen) atoms. The second kappa shape index (κ2) is 5.76. The third-order valence-electron chi connectivity index (χ3n) is 4.25. The van der Waals surface area contributed by atoms with E-state index in [4.69, 9.17) is 0 Å². The van der Waals surface area contributed by atoms with E-state index in [9.17, 15) is 13.2 Å². The van der Waals surface area contributed by atoms with Crippen LogP contribution in [-0.4, -0.2) is 12.6 Å². The van der Waals surface area contributed by atoms with E-state index in [0.29, 0.717) is 12.0 Å². The molecule has 1 aliphatic rings. The summed E-state index contributed by atoms with van der Waals surface area (Å²) in [6, 6.07) is 4.75. The molecule has 0 aliphatic heterocycles. The Kier molecular flexibility index (Phi) is 4.43. The second-order valence-corrected chi connectivity index (χ2v) is 6.02. The Morgan fingerprint density at radius 3 is 2.40 bits per heavy atom. The van der Waals surface area contributed by atoms with Gasteiger partial charge in [-0.15, -0.1) is 0 Å². The van der Waals surface area contributed by atoms with Gasteiger partial charge in [0.15, 0.2) is 0 Å². The molecule has 1 N–H and O–H groups in total. The van der Waals surface area contributed by atoms with Crippen LogP contribution in [0.1, 0.15) is 49.3 Å². The number of rotatable bonds is 5. The Morgan fingerprint density at radius 1 is 1.25 bits per heavy atom. The first-order valence-electron chi connectivity index (χ1n) is 7.20. The Balaban J connectivity index is 2.06. The predicted molar refractivity (Wildman–Crippen MR) is 74.8 cm³/mol. The smallest absolute Gasteiger partial charge is 0.314 e. The zero-order valence-corrected chi connectivity index (χ0v) is 12.2. The van der Waals surface area contributed by atoms with Crippen molar-refractivity contribution in [3.63, 3.8) is 0 Å².